The number of amidine groups is 1. The van der Waals surface area contributed by atoms with Crippen molar-refractivity contribution in [3.05, 3.63) is 0 Å². The summed E-state index contributed by atoms with van der Waals surface area (Å²) in [4.78, 5) is 0. The van der Waals surface area contributed by atoms with Gasteiger partial charge in [-0.2, -0.15) is 10.2 Å². The lowest BCUT2D eigenvalue weighted by Crippen LogP contribution is -2.35. The standard InChI is InChI=1S/C9H21N5/c1-9(2,6-7-11-3)8(10)13-14(5)12-4/h11H,4,6-7H2,1-3,5H3,(H2,10,13). The number of hydrogen-bond donors (Lipinski definition) is 2. The van der Waals surface area contributed by atoms with E-state index in [0.717, 1.165) is 13.0 Å². The van der Waals surface area contributed by atoms with Crippen LogP contribution in [0, 0.1) is 5.41 Å². The number of hydrogen-bond acceptors (Lipinski definition) is 4. The van der Waals surface area contributed by atoms with Crippen molar-refractivity contribution in [3.8, 4) is 0 Å². The molecule has 5 nitrogen and oxygen atoms in total. The molecule has 0 saturated heterocycles. The van der Waals surface area contributed by atoms with Gasteiger partial charge in [0.05, 0.1) is 0 Å². The molecule has 0 amide bonds. The molecule has 0 radical (unpaired) electrons. The zero-order chi connectivity index (χ0) is 11.2. The van der Waals surface area contributed by atoms with Crippen LogP contribution in [0.25, 0.3) is 0 Å². The fourth-order valence-electron chi connectivity index (χ4n) is 0.888. The van der Waals surface area contributed by atoms with Crippen LogP contribution in [0.4, 0.5) is 0 Å². The monoisotopic (exact) mass is 199 g/mol. The first-order valence-corrected chi connectivity index (χ1v) is 4.63. The van der Waals surface area contributed by atoms with Gasteiger partial charge in [-0.3, -0.25) is 0 Å². The SMILES string of the molecule is C=NN(C)/N=C(\N)C(C)(C)CCNC. The molecule has 0 atom stereocenters. The van der Waals surface area contributed by atoms with Crippen molar-refractivity contribution in [2.75, 3.05) is 20.6 Å². The second-order valence-corrected chi connectivity index (χ2v) is 3.85. The van der Waals surface area contributed by atoms with E-state index in [0.29, 0.717) is 5.84 Å². The summed E-state index contributed by atoms with van der Waals surface area (Å²) in [6.45, 7) is 8.38. The summed E-state index contributed by atoms with van der Waals surface area (Å²) in [6.07, 6.45) is 0.934. The van der Waals surface area contributed by atoms with Gasteiger partial charge in [-0.05, 0) is 20.0 Å². The highest BCUT2D eigenvalue weighted by Crippen LogP contribution is 2.19. The van der Waals surface area contributed by atoms with E-state index in [-0.39, 0.29) is 5.41 Å². The average Bonchev–Trinajstić information content (AvgIpc) is 2.14. The van der Waals surface area contributed by atoms with Gasteiger partial charge >= 0.3 is 0 Å². The fraction of sp³-hybridized carbons (Fsp3) is 0.778. The van der Waals surface area contributed by atoms with Gasteiger partial charge in [0.1, 0.15) is 5.84 Å². The van der Waals surface area contributed by atoms with Crippen LogP contribution in [0.2, 0.25) is 0 Å². The summed E-state index contributed by atoms with van der Waals surface area (Å²) in [7, 11) is 3.62. The van der Waals surface area contributed by atoms with Gasteiger partial charge < -0.3 is 11.1 Å². The van der Waals surface area contributed by atoms with E-state index in [1.54, 1.807) is 7.05 Å². The minimum atomic E-state index is -0.123. The van der Waals surface area contributed by atoms with Gasteiger partial charge in [-0.25, -0.2) is 0 Å². The van der Waals surface area contributed by atoms with E-state index < -0.39 is 0 Å². The molecular weight excluding hydrogens is 178 g/mol. The van der Waals surface area contributed by atoms with Crippen molar-refractivity contribution in [2.45, 2.75) is 20.3 Å². The first-order chi connectivity index (χ1) is 6.44. The highest BCUT2D eigenvalue weighted by molar-refractivity contribution is 5.85. The van der Waals surface area contributed by atoms with Gasteiger partial charge in [-0.15, -0.1) is 5.10 Å². The first kappa shape index (κ1) is 12.9. The Labute approximate surface area is 86.0 Å². The summed E-state index contributed by atoms with van der Waals surface area (Å²) in [5.74, 6) is 0.572. The number of nitrogens with two attached hydrogens (primary N) is 1. The van der Waals surface area contributed by atoms with Gasteiger partial charge in [0.25, 0.3) is 0 Å². The number of nitrogens with zero attached hydrogens (tertiary/aromatic N) is 3. The van der Waals surface area contributed by atoms with Crippen LogP contribution >= 0.6 is 0 Å². The lowest BCUT2D eigenvalue weighted by Gasteiger charge is -2.24. The van der Waals surface area contributed by atoms with E-state index in [9.17, 15) is 0 Å². The maximum Gasteiger partial charge on any atom is 0.127 e. The lowest BCUT2D eigenvalue weighted by molar-refractivity contribution is 0.363. The zero-order valence-electron chi connectivity index (χ0n) is 9.54. The Hall–Kier alpha value is -1.10. The smallest absolute Gasteiger partial charge is 0.127 e. The Morgan fingerprint density at radius 1 is 1.57 bits per heavy atom. The zero-order valence-corrected chi connectivity index (χ0v) is 9.54. The molecule has 14 heavy (non-hydrogen) atoms. The third-order valence-electron chi connectivity index (χ3n) is 2.15. The molecule has 0 fully saturated rings. The summed E-state index contributed by atoms with van der Waals surface area (Å²) >= 11 is 0. The van der Waals surface area contributed by atoms with Crippen LogP contribution in [0.5, 0.6) is 0 Å². The quantitative estimate of drug-likeness (QED) is 0.370. The molecule has 82 valence electrons. The Morgan fingerprint density at radius 2 is 2.14 bits per heavy atom. The van der Waals surface area contributed by atoms with Crippen molar-refractivity contribution in [1.82, 2.24) is 10.4 Å². The minimum Gasteiger partial charge on any atom is -0.385 e. The summed E-state index contributed by atoms with van der Waals surface area (Å²) < 4.78 is 0. The molecule has 0 aromatic carbocycles. The van der Waals surface area contributed by atoms with Crippen molar-refractivity contribution in [3.63, 3.8) is 0 Å². The molecule has 0 unspecified atom stereocenters. The molecule has 3 N–H and O–H groups in total. The number of hydrazone groups is 2. The minimum absolute atomic E-state index is 0.123. The largest absolute Gasteiger partial charge is 0.385 e. The van der Waals surface area contributed by atoms with Crippen LogP contribution in [-0.4, -0.2) is 38.3 Å². The van der Waals surface area contributed by atoms with Gasteiger partial charge in [0, 0.05) is 19.2 Å². The Morgan fingerprint density at radius 3 is 2.57 bits per heavy atom. The van der Waals surface area contributed by atoms with Crippen LogP contribution < -0.4 is 11.1 Å². The molecule has 0 saturated carbocycles. The predicted molar refractivity (Wildman–Crippen MR) is 61.3 cm³/mol. The van der Waals surface area contributed by atoms with E-state index in [1.165, 1.54) is 5.12 Å². The van der Waals surface area contributed by atoms with E-state index in [2.05, 4.69) is 36.1 Å². The Bertz CT molecular complexity index is 209. The second kappa shape index (κ2) is 5.59. The van der Waals surface area contributed by atoms with E-state index >= 15 is 0 Å². The summed E-state index contributed by atoms with van der Waals surface area (Å²) in [6, 6.07) is 0. The summed E-state index contributed by atoms with van der Waals surface area (Å²) in [5, 5.41) is 12.2. The first-order valence-electron chi connectivity index (χ1n) is 4.63. The molecule has 0 heterocycles. The van der Waals surface area contributed by atoms with Crippen molar-refractivity contribution in [2.24, 2.45) is 21.4 Å². The maximum atomic E-state index is 5.86. The third-order valence-corrected chi connectivity index (χ3v) is 2.15. The molecule has 0 aliphatic rings. The molecule has 0 spiro atoms. The number of nitrogens with one attached hydrogen (secondary N) is 1. The normalized spacial score (nSPS) is 12.7. The van der Waals surface area contributed by atoms with Crippen LogP contribution in [-0.2, 0) is 0 Å². The lowest BCUT2D eigenvalue weighted by atomic mass is 9.88. The van der Waals surface area contributed by atoms with Gasteiger partial charge in [0.15, 0.2) is 0 Å². The molecule has 0 rings (SSSR count). The number of rotatable bonds is 6. The van der Waals surface area contributed by atoms with Crippen molar-refractivity contribution < 1.29 is 0 Å². The summed E-state index contributed by atoms with van der Waals surface area (Å²) in [5.41, 5.74) is 5.74. The highest BCUT2D eigenvalue weighted by Gasteiger charge is 2.22. The molecule has 0 aromatic rings. The van der Waals surface area contributed by atoms with Crippen LogP contribution in [0.3, 0.4) is 0 Å². The molecule has 0 aromatic heterocycles. The molecule has 5 heteroatoms. The molecule has 0 aliphatic heterocycles. The van der Waals surface area contributed by atoms with Crippen LogP contribution in [0.1, 0.15) is 20.3 Å². The average molecular weight is 199 g/mol. The Kier molecular flexibility index (Phi) is 5.15. The van der Waals surface area contributed by atoms with E-state index in [1.807, 2.05) is 7.05 Å². The van der Waals surface area contributed by atoms with Crippen molar-refractivity contribution in [1.29, 1.82) is 0 Å². The molecular formula is C9H21N5. The van der Waals surface area contributed by atoms with E-state index in [4.69, 9.17) is 5.73 Å². The Balaban J connectivity index is 4.39. The predicted octanol–water partition coefficient (Wildman–Crippen LogP) is 0.442. The molecule has 0 bridgehead atoms. The molecule has 0 aliphatic carbocycles. The fourth-order valence-corrected chi connectivity index (χ4v) is 0.888. The highest BCUT2D eigenvalue weighted by atomic mass is 15.6. The van der Waals surface area contributed by atoms with Crippen LogP contribution in [0.15, 0.2) is 10.2 Å². The van der Waals surface area contributed by atoms with Gasteiger partial charge in [-0.1, -0.05) is 13.8 Å². The second-order valence-electron chi connectivity index (χ2n) is 3.85. The maximum absolute atomic E-state index is 5.86. The van der Waals surface area contributed by atoms with Gasteiger partial charge in [0.2, 0.25) is 0 Å². The topological polar surface area (TPSA) is 66.0 Å². The van der Waals surface area contributed by atoms with Crippen molar-refractivity contribution >= 4 is 12.6 Å². The third kappa shape index (κ3) is 4.23.